The van der Waals surface area contributed by atoms with Crippen LogP contribution in [0.15, 0.2) is 48.5 Å². The third kappa shape index (κ3) is 5.49. The van der Waals surface area contributed by atoms with Crippen molar-refractivity contribution in [2.75, 3.05) is 13.2 Å². The molecule has 0 aliphatic heterocycles. The van der Waals surface area contributed by atoms with Gasteiger partial charge in [-0.15, -0.1) is 0 Å². The van der Waals surface area contributed by atoms with Crippen LogP contribution < -0.4 is 9.47 Å². The molecule has 0 saturated carbocycles. The van der Waals surface area contributed by atoms with E-state index in [9.17, 15) is 14.9 Å². The van der Waals surface area contributed by atoms with Crippen LogP contribution >= 0.6 is 0 Å². The van der Waals surface area contributed by atoms with Gasteiger partial charge in [-0.05, 0) is 43.7 Å². The Bertz CT molecular complexity index is 729. The van der Waals surface area contributed by atoms with Gasteiger partial charge in [-0.1, -0.05) is 12.1 Å². The molecule has 0 saturated heterocycles. The summed E-state index contributed by atoms with van der Waals surface area (Å²) >= 11 is 0. The molecule has 0 aliphatic carbocycles. The summed E-state index contributed by atoms with van der Waals surface area (Å²) in [5.74, 6) is 0.674. The van der Waals surface area contributed by atoms with Gasteiger partial charge in [-0.2, -0.15) is 0 Å². The molecule has 0 aromatic heterocycles. The van der Waals surface area contributed by atoms with Crippen molar-refractivity contribution >= 4 is 11.7 Å². The summed E-state index contributed by atoms with van der Waals surface area (Å²) in [6.07, 6.45) is -0.615. The summed E-state index contributed by atoms with van der Waals surface area (Å²) < 4.78 is 15.9. The van der Waals surface area contributed by atoms with E-state index in [0.29, 0.717) is 17.9 Å². The van der Waals surface area contributed by atoms with Gasteiger partial charge in [0.15, 0.2) is 6.61 Å². The average molecular weight is 345 g/mol. The highest BCUT2D eigenvalue weighted by Crippen LogP contribution is 2.22. The second-order valence-electron chi connectivity index (χ2n) is 5.18. The van der Waals surface area contributed by atoms with Crippen LogP contribution in [-0.4, -0.2) is 24.1 Å². The molecule has 25 heavy (non-hydrogen) atoms. The van der Waals surface area contributed by atoms with Gasteiger partial charge < -0.3 is 14.2 Å². The molecular formula is C18H19NO6. The van der Waals surface area contributed by atoms with Crippen molar-refractivity contribution in [1.29, 1.82) is 0 Å². The molecule has 7 heteroatoms. The maximum atomic E-state index is 11.9. The van der Waals surface area contributed by atoms with E-state index in [-0.39, 0.29) is 12.3 Å². The van der Waals surface area contributed by atoms with Gasteiger partial charge >= 0.3 is 5.97 Å². The Morgan fingerprint density at radius 1 is 1.12 bits per heavy atom. The fourth-order valence-electron chi connectivity index (χ4n) is 2.13. The van der Waals surface area contributed by atoms with Crippen molar-refractivity contribution in [3.8, 4) is 11.5 Å². The summed E-state index contributed by atoms with van der Waals surface area (Å²) in [5, 5.41) is 10.8. The Kier molecular flexibility index (Phi) is 6.33. The first kappa shape index (κ1) is 18.3. The number of hydrogen-bond acceptors (Lipinski definition) is 6. The topological polar surface area (TPSA) is 87.9 Å². The van der Waals surface area contributed by atoms with Gasteiger partial charge in [0.2, 0.25) is 0 Å². The SMILES string of the molecule is CCOc1ccc(OCC(=O)O[C@@H](C)c2cccc([N+](=O)[O-])c2)cc1. The molecule has 0 fully saturated rings. The molecule has 0 heterocycles. The lowest BCUT2D eigenvalue weighted by atomic mass is 10.1. The zero-order chi connectivity index (χ0) is 18.2. The number of rotatable bonds is 8. The van der Waals surface area contributed by atoms with Crippen LogP contribution in [-0.2, 0) is 9.53 Å². The molecule has 2 aromatic rings. The van der Waals surface area contributed by atoms with E-state index < -0.39 is 17.0 Å². The number of nitro groups is 1. The van der Waals surface area contributed by atoms with Crippen molar-refractivity contribution in [2.24, 2.45) is 0 Å². The van der Waals surface area contributed by atoms with Crippen LogP contribution in [0.2, 0.25) is 0 Å². The molecule has 0 spiro atoms. The second kappa shape index (κ2) is 8.68. The van der Waals surface area contributed by atoms with Crippen LogP contribution in [0.4, 0.5) is 5.69 Å². The van der Waals surface area contributed by atoms with Gasteiger partial charge in [0.05, 0.1) is 11.5 Å². The van der Waals surface area contributed by atoms with Crippen molar-refractivity contribution in [2.45, 2.75) is 20.0 Å². The minimum absolute atomic E-state index is 0.0500. The third-order valence-corrected chi connectivity index (χ3v) is 3.35. The number of nitro benzene ring substituents is 1. The standard InChI is InChI=1S/C18H19NO6/c1-3-23-16-7-9-17(10-8-16)24-12-18(20)25-13(2)14-5-4-6-15(11-14)19(21)22/h4-11,13H,3,12H2,1-2H3/t13-/m0/s1. The van der Waals surface area contributed by atoms with Gasteiger partial charge in [0.1, 0.15) is 17.6 Å². The largest absolute Gasteiger partial charge is 0.494 e. The maximum Gasteiger partial charge on any atom is 0.344 e. The lowest BCUT2D eigenvalue weighted by molar-refractivity contribution is -0.385. The molecule has 2 aromatic carbocycles. The predicted octanol–water partition coefficient (Wildman–Crippen LogP) is 3.68. The zero-order valence-electron chi connectivity index (χ0n) is 14.0. The molecule has 0 amide bonds. The number of carbonyl (C=O) groups is 1. The molecule has 0 radical (unpaired) electrons. The van der Waals surface area contributed by atoms with Crippen molar-refractivity contribution in [1.82, 2.24) is 0 Å². The number of hydrogen-bond donors (Lipinski definition) is 0. The van der Waals surface area contributed by atoms with Gasteiger partial charge in [0, 0.05) is 12.1 Å². The Morgan fingerprint density at radius 2 is 1.76 bits per heavy atom. The maximum absolute atomic E-state index is 11.9. The normalized spacial score (nSPS) is 11.4. The Balaban J connectivity index is 1.87. The Labute approximate surface area is 145 Å². The number of nitrogens with zero attached hydrogens (tertiary/aromatic N) is 1. The molecule has 1 atom stereocenters. The quantitative estimate of drug-likeness (QED) is 0.412. The monoisotopic (exact) mass is 345 g/mol. The second-order valence-corrected chi connectivity index (χ2v) is 5.18. The highest BCUT2D eigenvalue weighted by molar-refractivity contribution is 5.71. The zero-order valence-corrected chi connectivity index (χ0v) is 14.0. The molecule has 132 valence electrons. The van der Waals surface area contributed by atoms with Gasteiger partial charge in [0.25, 0.3) is 5.69 Å². The molecular weight excluding hydrogens is 326 g/mol. The Hall–Kier alpha value is -3.09. The molecule has 7 nitrogen and oxygen atoms in total. The number of carbonyl (C=O) groups excluding carboxylic acids is 1. The molecule has 0 aliphatic rings. The van der Waals surface area contributed by atoms with E-state index in [2.05, 4.69) is 0 Å². The number of non-ortho nitro benzene ring substituents is 1. The summed E-state index contributed by atoms with van der Waals surface area (Å²) in [7, 11) is 0. The summed E-state index contributed by atoms with van der Waals surface area (Å²) in [4.78, 5) is 22.2. The third-order valence-electron chi connectivity index (χ3n) is 3.35. The number of ether oxygens (including phenoxy) is 3. The van der Waals surface area contributed by atoms with E-state index in [1.165, 1.54) is 12.1 Å². The first-order valence-electron chi connectivity index (χ1n) is 7.79. The van der Waals surface area contributed by atoms with E-state index in [0.717, 1.165) is 5.75 Å². The number of esters is 1. The lowest BCUT2D eigenvalue weighted by Crippen LogP contribution is -2.17. The molecule has 0 unspecified atom stereocenters. The highest BCUT2D eigenvalue weighted by atomic mass is 16.6. The predicted molar refractivity (Wildman–Crippen MR) is 90.7 cm³/mol. The minimum Gasteiger partial charge on any atom is -0.494 e. The van der Waals surface area contributed by atoms with Crippen molar-refractivity contribution < 1.29 is 23.9 Å². The van der Waals surface area contributed by atoms with E-state index in [1.807, 2.05) is 6.92 Å². The molecule has 2 rings (SSSR count). The average Bonchev–Trinajstić information content (AvgIpc) is 2.61. The summed E-state index contributed by atoms with van der Waals surface area (Å²) in [5.41, 5.74) is 0.495. The molecule has 0 N–H and O–H groups in total. The van der Waals surface area contributed by atoms with E-state index in [4.69, 9.17) is 14.2 Å². The Morgan fingerprint density at radius 3 is 2.36 bits per heavy atom. The minimum atomic E-state index is -0.615. The fourth-order valence-corrected chi connectivity index (χ4v) is 2.13. The van der Waals surface area contributed by atoms with Gasteiger partial charge in [-0.3, -0.25) is 10.1 Å². The van der Waals surface area contributed by atoms with Crippen LogP contribution in [0.5, 0.6) is 11.5 Å². The van der Waals surface area contributed by atoms with Crippen LogP contribution in [0.25, 0.3) is 0 Å². The summed E-state index contributed by atoms with van der Waals surface area (Å²) in [6, 6.07) is 12.9. The van der Waals surface area contributed by atoms with Crippen LogP contribution in [0, 0.1) is 10.1 Å². The molecule has 0 bridgehead atoms. The van der Waals surface area contributed by atoms with E-state index in [1.54, 1.807) is 43.3 Å². The lowest BCUT2D eigenvalue weighted by Gasteiger charge is -2.14. The summed E-state index contributed by atoms with van der Waals surface area (Å²) in [6.45, 7) is 3.85. The van der Waals surface area contributed by atoms with E-state index >= 15 is 0 Å². The highest BCUT2D eigenvalue weighted by Gasteiger charge is 2.15. The van der Waals surface area contributed by atoms with Crippen molar-refractivity contribution in [3.63, 3.8) is 0 Å². The smallest absolute Gasteiger partial charge is 0.344 e. The van der Waals surface area contributed by atoms with Crippen LogP contribution in [0.3, 0.4) is 0 Å². The van der Waals surface area contributed by atoms with Crippen molar-refractivity contribution in [3.05, 3.63) is 64.2 Å². The first-order chi connectivity index (χ1) is 12.0. The van der Waals surface area contributed by atoms with Gasteiger partial charge in [-0.25, -0.2) is 4.79 Å². The van der Waals surface area contributed by atoms with Crippen LogP contribution in [0.1, 0.15) is 25.5 Å². The first-order valence-corrected chi connectivity index (χ1v) is 7.79. The fraction of sp³-hybridized carbons (Fsp3) is 0.278. The number of benzene rings is 2.